The van der Waals surface area contributed by atoms with Crippen molar-refractivity contribution in [2.24, 2.45) is 11.8 Å². The van der Waals surface area contributed by atoms with Crippen molar-refractivity contribution < 1.29 is 14.7 Å². The van der Waals surface area contributed by atoms with Gasteiger partial charge < -0.3 is 15.2 Å². The zero-order chi connectivity index (χ0) is 16.3. The van der Waals surface area contributed by atoms with Crippen molar-refractivity contribution in [3.05, 3.63) is 16.0 Å². The van der Waals surface area contributed by atoms with Gasteiger partial charge in [-0.3, -0.25) is 4.79 Å². The predicted octanol–water partition coefficient (Wildman–Crippen LogP) is 1.99. The molecule has 22 heavy (non-hydrogen) atoms. The minimum absolute atomic E-state index is 0.311. The molecule has 1 fully saturated rings. The van der Waals surface area contributed by atoms with Crippen molar-refractivity contribution in [3.8, 4) is 6.07 Å². The van der Waals surface area contributed by atoms with Crippen LogP contribution in [0.1, 0.15) is 48.6 Å². The maximum absolute atomic E-state index is 12.5. The van der Waals surface area contributed by atoms with Crippen LogP contribution in [0.15, 0.2) is 0 Å². The molecule has 0 bridgehead atoms. The van der Waals surface area contributed by atoms with E-state index in [0.717, 1.165) is 29.7 Å². The number of carboxylic acid groups (broad SMARTS) is 1. The molecule has 2 rings (SSSR count). The molecule has 1 aromatic heterocycles. The Bertz CT molecular complexity index is 630. The number of amides is 1. The second-order valence-corrected chi connectivity index (χ2v) is 6.84. The molecule has 0 aromatic carbocycles. The van der Waals surface area contributed by atoms with Crippen LogP contribution < -0.4 is 10.4 Å². The summed E-state index contributed by atoms with van der Waals surface area (Å²) in [6, 6.07) is 2.15. The number of nitrogens with one attached hydrogen (secondary N) is 1. The Balaban J connectivity index is 2.21. The van der Waals surface area contributed by atoms with Gasteiger partial charge in [0.1, 0.15) is 11.1 Å². The summed E-state index contributed by atoms with van der Waals surface area (Å²) < 4.78 is 0. The number of carbonyl (C=O) groups excluding carboxylic acids is 2. The molecule has 1 saturated carbocycles. The van der Waals surface area contributed by atoms with Crippen LogP contribution in [-0.4, -0.2) is 11.9 Å². The number of carboxylic acids is 1. The van der Waals surface area contributed by atoms with Crippen LogP contribution in [0.3, 0.4) is 0 Å². The van der Waals surface area contributed by atoms with Crippen molar-refractivity contribution in [2.75, 3.05) is 5.32 Å². The molecule has 0 aliphatic heterocycles. The fraction of sp³-hybridized carbons (Fsp3) is 0.562. The van der Waals surface area contributed by atoms with Crippen molar-refractivity contribution in [2.45, 2.75) is 46.0 Å². The number of carbonyl (C=O) groups is 2. The van der Waals surface area contributed by atoms with Gasteiger partial charge in [-0.15, -0.1) is 11.3 Å². The number of hydrogen-bond donors (Lipinski definition) is 1. The predicted molar refractivity (Wildman–Crippen MR) is 82.2 cm³/mol. The molecule has 1 N–H and O–H groups in total. The van der Waals surface area contributed by atoms with Gasteiger partial charge in [-0.2, -0.15) is 5.26 Å². The lowest BCUT2D eigenvalue weighted by Crippen LogP contribution is -2.42. The van der Waals surface area contributed by atoms with Crippen LogP contribution in [0.2, 0.25) is 0 Å². The van der Waals surface area contributed by atoms with E-state index in [1.54, 1.807) is 0 Å². The molecule has 1 aromatic rings. The Kier molecular flexibility index (Phi) is 5.19. The summed E-state index contributed by atoms with van der Waals surface area (Å²) in [6.07, 6.45) is 3.42. The van der Waals surface area contributed by atoms with Crippen LogP contribution in [0.25, 0.3) is 0 Å². The van der Waals surface area contributed by atoms with Gasteiger partial charge in [0, 0.05) is 22.7 Å². The molecule has 1 aliphatic carbocycles. The summed E-state index contributed by atoms with van der Waals surface area (Å²) in [5.41, 5.74) is 1.45. The maximum Gasteiger partial charge on any atom is 0.228 e. The lowest BCUT2D eigenvalue weighted by Gasteiger charge is -2.31. The molecule has 1 amide bonds. The molecule has 5 nitrogen and oxygen atoms in total. The van der Waals surface area contributed by atoms with Gasteiger partial charge in [0.05, 0.1) is 5.56 Å². The lowest BCUT2D eigenvalue weighted by atomic mass is 9.79. The van der Waals surface area contributed by atoms with Crippen molar-refractivity contribution in [1.29, 1.82) is 5.26 Å². The minimum Gasteiger partial charge on any atom is -0.550 e. The Morgan fingerprint density at radius 3 is 2.55 bits per heavy atom. The monoisotopic (exact) mass is 319 g/mol. The standard InChI is InChI=1S/C16H20N2O3S/c1-3-10-9(2)22-15(13(10)8-17)18-14(19)11-6-4-5-7-12(11)16(20)21/h11-12H,3-7H2,1-2H3,(H,18,19)(H,20,21)/p-1/t11-,12-/m0/s1. The second kappa shape index (κ2) is 6.93. The highest BCUT2D eigenvalue weighted by Crippen LogP contribution is 2.35. The molecular weight excluding hydrogens is 300 g/mol. The third-order valence-electron chi connectivity index (χ3n) is 4.32. The molecule has 0 radical (unpaired) electrons. The van der Waals surface area contributed by atoms with Gasteiger partial charge in [-0.05, 0) is 31.7 Å². The smallest absolute Gasteiger partial charge is 0.228 e. The molecule has 1 heterocycles. The molecule has 0 unspecified atom stereocenters. The highest BCUT2D eigenvalue weighted by Gasteiger charge is 2.32. The number of anilines is 1. The maximum atomic E-state index is 12.5. The van der Waals surface area contributed by atoms with E-state index in [4.69, 9.17) is 0 Å². The van der Waals surface area contributed by atoms with Gasteiger partial charge in [0.2, 0.25) is 5.91 Å². The Labute approximate surface area is 134 Å². The topological polar surface area (TPSA) is 93.0 Å². The van der Waals surface area contributed by atoms with Crippen LogP contribution in [-0.2, 0) is 16.0 Å². The van der Waals surface area contributed by atoms with E-state index < -0.39 is 17.8 Å². The quantitative estimate of drug-likeness (QED) is 0.918. The minimum atomic E-state index is -1.16. The summed E-state index contributed by atoms with van der Waals surface area (Å²) in [6.45, 7) is 3.89. The molecular formula is C16H19N2O3S-. The zero-order valence-corrected chi connectivity index (χ0v) is 13.6. The van der Waals surface area contributed by atoms with Crippen LogP contribution >= 0.6 is 11.3 Å². The first-order valence-electron chi connectivity index (χ1n) is 7.53. The summed E-state index contributed by atoms with van der Waals surface area (Å²) in [5, 5.41) is 23.8. The Morgan fingerprint density at radius 2 is 2.00 bits per heavy atom. The van der Waals surface area contributed by atoms with Crippen LogP contribution in [0.4, 0.5) is 5.00 Å². The number of hydrogen-bond acceptors (Lipinski definition) is 5. The summed E-state index contributed by atoms with van der Waals surface area (Å²) in [7, 11) is 0. The van der Waals surface area contributed by atoms with E-state index in [2.05, 4.69) is 11.4 Å². The van der Waals surface area contributed by atoms with E-state index in [-0.39, 0.29) is 5.91 Å². The number of aliphatic carboxylic acids is 1. The van der Waals surface area contributed by atoms with Gasteiger partial charge in [0.15, 0.2) is 0 Å². The van der Waals surface area contributed by atoms with Gasteiger partial charge in [-0.25, -0.2) is 0 Å². The highest BCUT2D eigenvalue weighted by atomic mass is 32.1. The largest absolute Gasteiger partial charge is 0.550 e. The molecule has 6 heteroatoms. The van der Waals surface area contributed by atoms with Crippen molar-refractivity contribution in [1.82, 2.24) is 0 Å². The van der Waals surface area contributed by atoms with E-state index in [9.17, 15) is 20.0 Å². The van der Waals surface area contributed by atoms with Crippen molar-refractivity contribution in [3.63, 3.8) is 0 Å². The molecule has 0 spiro atoms. The molecule has 2 atom stereocenters. The number of nitriles is 1. The third-order valence-corrected chi connectivity index (χ3v) is 5.38. The highest BCUT2D eigenvalue weighted by molar-refractivity contribution is 7.16. The average Bonchev–Trinajstić information content (AvgIpc) is 2.81. The third kappa shape index (κ3) is 3.14. The number of thiophene rings is 1. The van der Waals surface area contributed by atoms with Crippen LogP contribution in [0, 0.1) is 30.1 Å². The van der Waals surface area contributed by atoms with E-state index in [0.29, 0.717) is 23.4 Å². The van der Waals surface area contributed by atoms with Gasteiger partial charge in [-0.1, -0.05) is 19.8 Å². The first kappa shape index (κ1) is 16.5. The summed E-state index contributed by atoms with van der Waals surface area (Å²) >= 11 is 1.37. The van der Waals surface area contributed by atoms with Crippen LogP contribution in [0.5, 0.6) is 0 Å². The fourth-order valence-electron chi connectivity index (χ4n) is 3.14. The average molecular weight is 319 g/mol. The molecule has 118 valence electrons. The molecule has 0 saturated heterocycles. The molecule has 1 aliphatic rings. The van der Waals surface area contributed by atoms with E-state index >= 15 is 0 Å². The lowest BCUT2D eigenvalue weighted by molar-refractivity contribution is -0.313. The second-order valence-electron chi connectivity index (χ2n) is 5.61. The number of nitrogens with zero attached hydrogens (tertiary/aromatic N) is 1. The van der Waals surface area contributed by atoms with E-state index in [1.807, 2.05) is 13.8 Å². The zero-order valence-electron chi connectivity index (χ0n) is 12.8. The first-order valence-corrected chi connectivity index (χ1v) is 8.35. The number of aryl methyl sites for hydroxylation is 1. The van der Waals surface area contributed by atoms with Gasteiger partial charge in [0.25, 0.3) is 0 Å². The van der Waals surface area contributed by atoms with Gasteiger partial charge >= 0.3 is 0 Å². The first-order chi connectivity index (χ1) is 10.5. The SMILES string of the molecule is CCc1c(C)sc(NC(=O)[C@H]2CCCC[C@@H]2C(=O)[O-])c1C#N. The number of rotatable bonds is 4. The Hall–Kier alpha value is -1.87. The normalized spacial score (nSPS) is 21.1. The van der Waals surface area contributed by atoms with Crippen molar-refractivity contribution >= 4 is 28.2 Å². The fourth-order valence-corrected chi connectivity index (χ4v) is 4.24. The van der Waals surface area contributed by atoms with E-state index in [1.165, 1.54) is 11.3 Å². The summed E-state index contributed by atoms with van der Waals surface area (Å²) in [5.74, 6) is -2.77. The summed E-state index contributed by atoms with van der Waals surface area (Å²) in [4.78, 5) is 24.7. The Morgan fingerprint density at radius 1 is 1.36 bits per heavy atom.